The Labute approximate surface area is 149 Å². The van der Waals surface area contributed by atoms with Crippen molar-refractivity contribution in [1.29, 1.82) is 0 Å². The molecule has 6 nitrogen and oxygen atoms in total. The number of aromatic amines is 1. The molecule has 1 aliphatic rings. The molecule has 1 aromatic carbocycles. The molecule has 1 saturated heterocycles. The summed E-state index contributed by atoms with van der Waals surface area (Å²) in [5.41, 5.74) is 8.73. The summed E-state index contributed by atoms with van der Waals surface area (Å²) in [5, 5.41) is 13.2. The van der Waals surface area contributed by atoms with Crippen molar-refractivity contribution in [3.05, 3.63) is 51.8 Å². The third-order valence-corrected chi connectivity index (χ3v) is 5.18. The Morgan fingerprint density at radius 2 is 2.12 bits per heavy atom. The molecule has 1 fully saturated rings. The van der Waals surface area contributed by atoms with Crippen LogP contribution in [0.1, 0.15) is 46.4 Å². The Morgan fingerprint density at radius 3 is 2.88 bits per heavy atom. The Balaban J connectivity index is 1.63. The standard InChI is InChI=1S/C17H22BrN5O/c18-14-4-2-1-3-12(14)15(19)10-21-17(24)16-13(9-22-23-16)11-5-7-20-8-6-11/h1-4,9,11,15,20H,5-8,10,19H2,(H,21,24)(H,22,23). The van der Waals surface area contributed by atoms with E-state index in [2.05, 4.69) is 36.8 Å². The Bertz CT molecular complexity index is 696. The van der Waals surface area contributed by atoms with Crippen LogP contribution in [0.3, 0.4) is 0 Å². The van der Waals surface area contributed by atoms with Crippen molar-refractivity contribution < 1.29 is 4.79 Å². The molecule has 3 rings (SSSR count). The van der Waals surface area contributed by atoms with Crippen LogP contribution >= 0.6 is 15.9 Å². The smallest absolute Gasteiger partial charge is 0.269 e. The fourth-order valence-electron chi connectivity index (χ4n) is 3.10. The van der Waals surface area contributed by atoms with Crippen LogP contribution in [0.4, 0.5) is 0 Å². The molecule has 0 aliphatic carbocycles. The van der Waals surface area contributed by atoms with Crippen molar-refractivity contribution in [2.45, 2.75) is 24.8 Å². The Kier molecular flexibility index (Phi) is 5.65. The molecule has 0 spiro atoms. The average Bonchev–Trinajstić information content (AvgIpc) is 3.10. The molecule has 128 valence electrons. The number of rotatable bonds is 5. The molecule has 7 heteroatoms. The minimum atomic E-state index is -0.269. The van der Waals surface area contributed by atoms with E-state index in [9.17, 15) is 4.79 Å². The molecular formula is C17H22BrN5O. The maximum Gasteiger partial charge on any atom is 0.269 e. The lowest BCUT2D eigenvalue weighted by Crippen LogP contribution is -2.33. The number of nitrogens with zero attached hydrogens (tertiary/aromatic N) is 1. The van der Waals surface area contributed by atoms with Gasteiger partial charge >= 0.3 is 0 Å². The highest BCUT2D eigenvalue weighted by molar-refractivity contribution is 9.10. The van der Waals surface area contributed by atoms with Crippen LogP contribution in [0, 0.1) is 0 Å². The van der Waals surface area contributed by atoms with Gasteiger partial charge in [0.25, 0.3) is 5.91 Å². The lowest BCUT2D eigenvalue weighted by atomic mass is 9.90. The second-order valence-electron chi connectivity index (χ2n) is 6.06. The van der Waals surface area contributed by atoms with Gasteiger partial charge in [0.05, 0.1) is 6.20 Å². The van der Waals surface area contributed by atoms with Gasteiger partial charge in [0.15, 0.2) is 0 Å². The zero-order valence-corrected chi connectivity index (χ0v) is 15.0. The van der Waals surface area contributed by atoms with E-state index in [0.717, 1.165) is 41.5 Å². The third-order valence-electron chi connectivity index (χ3n) is 4.46. The van der Waals surface area contributed by atoms with Crippen LogP contribution in [-0.2, 0) is 0 Å². The molecule has 5 N–H and O–H groups in total. The molecule has 1 amide bonds. The highest BCUT2D eigenvalue weighted by atomic mass is 79.9. The van der Waals surface area contributed by atoms with Gasteiger partial charge in [0.2, 0.25) is 0 Å². The molecule has 1 aromatic heterocycles. The number of hydrogen-bond donors (Lipinski definition) is 4. The first kappa shape index (κ1) is 17.1. The van der Waals surface area contributed by atoms with Gasteiger partial charge in [0, 0.05) is 22.6 Å². The minimum absolute atomic E-state index is 0.150. The number of halogens is 1. The average molecular weight is 392 g/mol. The van der Waals surface area contributed by atoms with Crippen molar-refractivity contribution in [1.82, 2.24) is 20.8 Å². The molecule has 2 aromatic rings. The van der Waals surface area contributed by atoms with Crippen LogP contribution in [-0.4, -0.2) is 35.7 Å². The summed E-state index contributed by atoms with van der Waals surface area (Å²) < 4.78 is 0.948. The van der Waals surface area contributed by atoms with E-state index >= 15 is 0 Å². The number of nitrogens with two attached hydrogens (primary N) is 1. The number of H-pyrrole nitrogens is 1. The topological polar surface area (TPSA) is 95.8 Å². The summed E-state index contributed by atoms with van der Waals surface area (Å²) in [5.74, 6) is 0.228. The van der Waals surface area contributed by atoms with Crippen molar-refractivity contribution in [3.8, 4) is 0 Å². The summed E-state index contributed by atoms with van der Waals surface area (Å²) in [6.07, 6.45) is 3.82. The Hall–Kier alpha value is -1.70. The lowest BCUT2D eigenvalue weighted by molar-refractivity contribution is 0.0944. The molecule has 0 saturated carbocycles. The van der Waals surface area contributed by atoms with Crippen molar-refractivity contribution in [2.75, 3.05) is 19.6 Å². The zero-order chi connectivity index (χ0) is 16.9. The first-order chi connectivity index (χ1) is 11.7. The van der Waals surface area contributed by atoms with Gasteiger partial charge in [-0.15, -0.1) is 0 Å². The first-order valence-electron chi connectivity index (χ1n) is 8.19. The summed E-state index contributed by atoms with van der Waals surface area (Å²) in [6.45, 7) is 2.32. The lowest BCUT2D eigenvalue weighted by Gasteiger charge is -2.22. The normalized spacial score (nSPS) is 16.8. The quantitative estimate of drug-likeness (QED) is 0.627. The second-order valence-corrected chi connectivity index (χ2v) is 6.92. The van der Waals surface area contributed by atoms with Crippen LogP contribution < -0.4 is 16.4 Å². The highest BCUT2D eigenvalue weighted by Gasteiger charge is 2.23. The van der Waals surface area contributed by atoms with Gasteiger partial charge in [-0.05, 0) is 43.5 Å². The molecule has 1 atom stereocenters. The molecular weight excluding hydrogens is 370 g/mol. The van der Waals surface area contributed by atoms with E-state index in [1.54, 1.807) is 6.20 Å². The van der Waals surface area contributed by atoms with Crippen LogP contribution in [0.25, 0.3) is 0 Å². The fraction of sp³-hybridized carbons (Fsp3) is 0.412. The van der Waals surface area contributed by atoms with E-state index in [4.69, 9.17) is 5.73 Å². The van der Waals surface area contributed by atoms with Crippen LogP contribution in [0.15, 0.2) is 34.9 Å². The molecule has 2 heterocycles. The number of benzene rings is 1. The number of carbonyl (C=O) groups excluding carboxylic acids is 1. The predicted octanol–water partition coefficient (Wildman–Crippen LogP) is 2.07. The van der Waals surface area contributed by atoms with E-state index in [1.165, 1.54) is 0 Å². The first-order valence-corrected chi connectivity index (χ1v) is 8.98. The number of nitrogens with one attached hydrogen (secondary N) is 3. The monoisotopic (exact) mass is 391 g/mol. The minimum Gasteiger partial charge on any atom is -0.349 e. The van der Waals surface area contributed by atoms with E-state index in [0.29, 0.717) is 18.2 Å². The van der Waals surface area contributed by atoms with Crippen molar-refractivity contribution >= 4 is 21.8 Å². The zero-order valence-electron chi connectivity index (χ0n) is 13.4. The van der Waals surface area contributed by atoms with Crippen LogP contribution in [0.2, 0.25) is 0 Å². The third kappa shape index (κ3) is 3.85. The molecule has 1 unspecified atom stereocenters. The molecule has 0 radical (unpaired) electrons. The van der Waals surface area contributed by atoms with Gasteiger partial charge in [-0.3, -0.25) is 9.89 Å². The summed E-state index contributed by atoms with van der Waals surface area (Å²) >= 11 is 3.49. The second kappa shape index (κ2) is 7.92. The molecule has 24 heavy (non-hydrogen) atoms. The number of aromatic nitrogens is 2. The van der Waals surface area contributed by atoms with E-state index in [-0.39, 0.29) is 11.9 Å². The van der Waals surface area contributed by atoms with E-state index in [1.807, 2.05) is 24.3 Å². The summed E-state index contributed by atoms with van der Waals surface area (Å²) in [7, 11) is 0. The van der Waals surface area contributed by atoms with Gasteiger partial charge in [0.1, 0.15) is 5.69 Å². The highest BCUT2D eigenvalue weighted by Crippen LogP contribution is 2.27. The maximum atomic E-state index is 12.5. The summed E-state index contributed by atoms with van der Waals surface area (Å²) in [4.78, 5) is 12.5. The number of amides is 1. The van der Waals surface area contributed by atoms with Gasteiger partial charge in [-0.25, -0.2) is 0 Å². The SMILES string of the molecule is NC(CNC(=O)c1[nH]ncc1C1CCNCC1)c1ccccc1Br. The predicted molar refractivity (Wildman–Crippen MR) is 96.8 cm³/mol. The maximum absolute atomic E-state index is 12.5. The fourth-order valence-corrected chi connectivity index (χ4v) is 3.68. The Morgan fingerprint density at radius 1 is 1.38 bits per heavy atom. The van der Waals surface area contributed by atoms with Gasteiger partial charge in [-0.2, -0.15) is 5.10 Å². The van der Waals surface area contributed by atoms with Gasteiger partial charge in [-0.1, -0.05) is 34.1 Å². The number of carbonyl (C=O) groups is 1. The van der Waals surface area contributed by atoms with Crippen molar-refractivity contribution in [3.63, 3.8) is 0 Å². The molecule has 0 bridgehead atoms. The number of hydrogen-bond acceptors (Lipinski definition) is 4. The number of piperidine rings is 1. The molecule has 1 aliphatic heterocycles. The largest absolute Gasteiger partial charge is 0.349 e. The van der Waals surface area contributed by atoms with E-state index < -0.39 is 0 Å². The van der Waals surface area contributed by atoms with Gasteiger partial charge < -0.3 is 16.4 Å². The van der Waals surface area contributed by atoms with Crippen LogP contribution in [0.5, 0.6) is 0 Å². The summed E-state index contributed by atoms with van der Waals surface area (Å²) in [6, 6.07) is 7.51. The van der Waals surface area contributed by atoms with Crippen molar-refractivity contribution in [2.24, 2.45) is 5.73 Å².